The van der Waals surface area contributed by atoms with Crippen molar-refractivity contribution in [2.75, 3.05) is 12.4 Å². The van der Waals surface area contributed by atoms with E-state index in [1.165, 1.54) is 38.5 Å². The van der Waals surface area contributed by atoms with Crippen molar-refractivity contribution in [1.82, 2.24) is 0 Å². The van der Waals surface area contributed by atoms with Gasteiger partial charge in [0.05, 0.1) is 11.9 Å². The van der Waals surface area contributed by atoms with Crippen LogP contribution in [0.2, 0.25) is 0 Å². The van der Waals surface area contributed by atoms with Gasteiger partial charge in [0.1, 0.15) is 6.10 Å². The molecule has 0 bridgehead atoms. The van der Waals surface area contributed by atoms with Crippen LogP contribution in [0.1, 0.15) is 61.3 Å². The number of allylic oxidation sites excluding steroid dienone is 1. The minimum atomic E-state index is -1.01. The molecular weight excluding hydrogens is 468 g/mol. The Morgan fingerprint density at radius 3 is 1.88 bits per heavy atom. The van der Waals surface area contributed by atoms with Gasteiger partial charge in [0, 0.05) is 39.4 Å². The van der Waals surface area contributed by atoms with Crippen LogP contribution in [0.3, 0.4) is 0 Å². The van der Waals surface area contributed by atoms with Gasteiger partial charge in [-0.2, -0.15) is 0 Å². The number of hydrogen-bond donors (Lipinski definition) is 0. The Kier molecular flexibility index (Phi) is 12.4. The Hall–Kier alpha value is -1.68. The molecule has 0 aromatic rings. The molecule has 0 radical (unpaired) electrons. The molecule has 1 aliphatic rings. The SMILES string of the molecule is CC(=O)OCC1C[C@@H](SSC/C=C\CC(C)(C)C)C(OC(C)=O)C(OC(C)=O)[C@@H]1OC(C)=O. The van der Waals surface area contributed by atoms with Crippen LogP contribution in [0.5, 0.6) is 0 Å². The molecule has 0 N–H and O–H groups in total. The van der Waals surface area contributed by atoms with Gasteiger partial charge in [-0.05, 0) is 18.3 Å². The predicted octanol–water partition coefficient (Wildman–Crippen LogP) is 4.11. The summed E-state index contributed by atoms with van der Waals surface area (Å²) in [6.07, 6.45) is 2.88. The third kappa shape index (κ3) is 11.8. The van der Waals surface area contributed by atoms with Crippen LogP contribution in [0.25, 0.3) is 0 Å². The van der Waals surface area contributed by atoms with Crippen molar-refractivity contribution in [3.05, 3.63) is 12.2 Å². The predicted molar refractivity (Wildman–Crippen MR) is 128 cm³/mol. The molecule has 5 atom stereocenters. The Balaban J connectivity index is 3.08. The van der Waals surface area contributed by atoms with Crippen LogP contribution in [0.15, 0.2) is 12.2 Å². The van der Waals surface area contributed by atoms with E-state index in [4.69, 9.17) is 18.9 Å². The summed E-state index contributed by atoms with van der Waals surface area (Å²) in [6.45, 7) is 11.6. The molecule has 0 spiro atoms. The van der Waals surface area contributed by atoms with Crippen molar-refractivity contribution in [3.8, 4) is 0 Å². The van der Waals surface area contributed by atoms with E-state index in [2.05, 4.69) is 32.9 Å². The van der Waals surface area contributed by atoms with Crippen LogP contribution in [-0.4, -0.2) is 59.8 Å². The van der Waals surface area contributed by atoms with Gasteiger partial charge >= 0.3 is 23.9 Å². The maximum atomic E-state index is 11.9. The summed E-state index contributed by atoms with van der Waals surface area (Å²) in [7, 11) is 3.10. The lowest BCUT2D eigenvalue weighted by Crippen LogP contribution is -2.57. The Morgan fingerprint density at radius 2 is 1.36 bits per heavy atom. The zero-order valence-electron chi connectivity index (χ0n) is 20.5. The Bertz CT molecular complexity index is 716. The number of esters is 4. The van der Waals surface area contributed by atoms with Gasteiger partial charge in [-0.3, -0.25) is 19.2 Å². The first-order valence-corrected chi connectivity index (χ1v) is 13.3. The van der Waals surface area contributed by atoms with Gasteiger partial charge in [0.2, 0.25) is 0 Å². The van der Waals surface area contributed by atoms with Gasteiger partial charge in [-0.1, -0.05) is 54.5 Å². The molecule has 188 valence electrons. The summed E-state index contributed by atoms with van der Waals surface area (Å²) < 4.78 is 21.7. The Labute approximate surface area is 204 Å². The molecule has 1 fully saturated rings. The summed E-state index contributed by atoms with van der Waals surface area (Å²) in [5.74, 6) is -1.85. The zero-order valence-corrected chi connectivity index (χ0v) is 22.1. The second-order valence-electron chi connectivity index (χ2n) is 9.18. The molecule has 0 aliphatic heterocycles. The van der Waals surface area contributed by atoms with Crippen LogP contribution in [-0.2, 0) is 38.1 Å². The van der Waals surface area contributed by atoms with Crippen LogP contribution in [0, 0.1) is 11.3 Å². The standard InChI is InChI=1S/C23H36O8S2/c1-14(24)28-13-18-12-19(33-32-11-9-8-10-23(5,6)7)21(30-16(3)26)22(31-17(4)27)20(18)29-15(2)25/h8-9,18-22H,10-13H2,1-7H3/b9-8-/t18?,19-,20-,21?,22?/m1/s1. The number of rotatable bonds is 10. The second-order valence-corrected chi connectivity index (χ2v) is 11.8. The minimum Gasteiger partial charge on any atom is -0.465 e. The fourth-order valence-electron chi connectivity index (χ4n) is 3.40. The quantitative estimate of drug-likeness (QED) is 0.142. The van der Waals surface area contributed by atoms with Gasteiger partial charge in [-0.15, -0.1) is 0 Å². The first-order chi connectivity index (χ1) is 15.3. The lowest BCUT2D eigenvalue weighted by atomic mass is 9.82. The summed E-state index contributed by atoms with van der Waals surface area (Å²) in [5.41, 5.74) is 0.213. The van der Waals surface area contributed by atoms with Crippen LogP contribution >= 0.6 is 21.6 Å². The van der Waals surface area contributed by atoms with Crippen molar-refractivity contribution in [3.63, 3.8) is 0 Å². The van der Waals surface area contributed by atoms with Gasteiger partial charge < -0.3 is 18.9 Å². The Morgan fingerprint density at radius 1 is 0.818 bits per heavy atom. The molecule has 0 saturated heterocycles. The highest BCUT2D eigenvalue weighted by molar-refractivity contribution is 8.77. The van der Waals surface area contributed by atoms with Crippen molar-refractivity contribution in [2.24, 2.45) is 11.3 Å². The van der Waals surface area contributed by atoms with E-state index in [0.29, 0.717) is 6.42 Å². The average Bonchev–Trinajstić information content (AvgIpc) is 2.65. The maximum absolute atomic E-state index is 11.9. The van der Waals surface area contributed by atoms with Crippen molar-refractivity contribution < 1.29 is 38.1 Å². The number of ether oxygens (including phenoxy) is 4. The lowest BCUT2D eigenvalue weighted by Gasteiger charge is -2.44. The molecular formula is C23H36O8S2. The van der Waals surface area contributed by atoms with E-state index >= 15 is 0 Å². The van der Waals surface area contributed by atoms with Crippen molar-refractivity contribution in [2.45, 2.75) is 84.9 Å². The highest BCUT2D eigenvalue weighted by Crippen LogP contribution is 2.42. The molecule has 3 unspecified atom stereocenters. The average molecular weight is 505 g/mol. The molecule has 10 heteroatoms. The van der Waals surface area contributed by atoms with Crippen LogP contribution < -0.4 is 0 Å². The summed E-state index contributed by atoms with van der Waals surface area (Å²) >= 11 is 0. The largest absolute Gasteiger partial charge is 0.465 e. The molecule has 1 saturated carbocycles. The van der Waals surface area contributed by atoms with Gasteiger partial charge in [0.15, 0.2) is 12.2 Å². The topological polar surface area (TPSA) is 105 Å². The smallest absolute Gasteiger partial charge is 0.303 e. The summed E-state index contributed by atoms with van der Waals surface area (Å²) in [4.78, 5) is 46.9. The molecule has 1 rings (SSSR count). The summed E-state index contributed by atoms with van der Waals surface area (Å²) in [6, 6.07) is 0. The fourth-order valence-corrected chi connectivity index (χ4v) is 6.07. The molecule has 0 heterocycles. The first-order valence-electron chi connectivity index (χ1n) is 10.9. The molecule has 0 amide bonds. The van der Waals surface area contributed by atoms with E-state index in [-0.39, 0.29) is 17.3 Å². The van der Waals surface area contributed by atoms with E-state index in [0.717, 1.165) is 12.2 Å². The first kappa shape index (κ1) is 29.4. The second kappa shape index (κ2) is 13.9. The summed E-state index contributed by atoms with van der Waals surface area (Å²) in [5, 5.41) is -0.272. The van der Waals surface area contributed by atoms with Gasteiger partial charge in [0.25, 0.3) is 0 Å². The third-order valence-corrected chi connectivity index (χ3v) is 7.40. The van der Waals surface area contributed by atoms with E-state index in [1.807, 2.05) is 0 Å². The van der Waals surface area contributed by atoms with E-state index < -0.39 is 48.1 Å². The van der Waals surface area contributed by atoms with Crippen molar-refractivity contribution in [1.29, 1.82) is 0 Å². The zero-order chi connectivity index (χ0) is 25.2. The molecule has 33 heavy (non-hydrogen) atoms. The van der Waals surface area contributed by atoms with E-state index in [1.54, 1.807) is 10.8 Å². The minimum absolute atomic E-state index is 0.00888. The number of hydrogen-bond acceptors (Lipinski definition) is 10. The number of carbonyl (C=O) groups excluding carboxylic acids is 4. The lowest BCUT2D eigenvalue weighted by molar-refractivity contribution is -0.198. The van der Waals surface area contributed by atoms with Gasteiger partial charge in [-0.25, -0.2) is 0 Å². The molecule has 8 nitrogen and oxygen atoms in total. The normalized spacial score (nSPS) is 25.4. The molecule has 0 aromatic carbocycles. The third-order valence-electron chi connectivity index (χ3n) is 4.67. The monoisotopic (exact) mass is 504 g/mol. The number of carbonyl (C=O) groups is 4. The molecule has 1 aliphatic carbocycles. The fraction of sp³-hybridized carbons (Fsp3) is 0.739. The van der Waals surface area contributed by atoms with E-state index in [9.17, 15) is 19.2 Å². The van der Waals surface area contributed by atoms with Crippen LogP contribution in [0.4, 0.5) is 0 Å². The highest BCUT2D eigenvalue weighted by atomic mass is 33.1. The highest BCUT2D eigenvalue weighted by Gasteiger charge is 2.51. The molecule has 0 aromatic heterocycles. The maximum Gasteiger partial charge on any atom is 0.303 e. The van der Waals surface area contributed by atoms with Crippen molar-refractivity contribution >= 4 is 45.5 Å².